The standard InChI is InChI=1S/C19H19BrO5/c1-23-15-9-11-17(12-10-15)25-19(22)14-5-7-16(8-6-14)24-18(21)4-2-3-13-20/h5-12H,2-4,13H2,1H3. The average molecular weight is 407 g/mol. The third-order valence-electron chi connectivity index (χ3n) is 3.36. The van der Waals surface area contributed by atoms with E-state index in [-0.39, 0.29) is 5.97 Å². The van der Waals surface area contributed by atoms with Crippen LogP contribution in [0.15, 0.2) is 48.5 Å². The number of methoxy groups -OCH3 is 1. The highest BCUT2D eigenvalue weighted by Crippen LogP contribution is 2.19. The molecule has 0 N–H and O–H groups in total. The van der Waals surface area contributed by atoms with Crippen molar-refractivity contribution in [3.8, 4) is 17.2 Å². The van der Waals surface area contributed by atoms with Crippen molar-refractivity contribution in [1.82, 2.24) is 0 Å². The molecular formula is C19H19BrO5. The summed E-state index contributed by atoms with van der Waals surface area (Å²) in [6.45, 7) is 0. The lowest BCUT2D eigenvalue weighted by molar-refractivity contribution is -0.134. The quantitative estimate of drug-likeness (QED) is 0.281. The maximum atomic E-state index is 12.1. The second kappa shape index (κ2) is 9.84. The fourth-order valence-electron chi connectivity index (χ4n) is 2.02. The lowest BCUT2D eigenvalue weighted by atomic mass is 10.2. The normalized spacial score (nSPS) is 10.2. The molecule has 25 heavy (non-hydrogen) atoms. The number of rotatable bonds is 8. The van der Waals surface area contributed by atoms with Crippen LogP contribution < -0.4 is 14.2 Å². The minimum Gasteiger partial charge on any atom is -0.497 e. The molecule has 0 amide bonds. The molecule has 132 valence electrons. The van der Waals surface area contributed by atoms with E-state index >= 15 is 0 Å². The molecule has 0 aliphatic carbocycles. The van der Waals surface area contributed by atoms with E-state index in [9.17, 15) is 9.59 Å². The first-order valence-electron chi connectivity index (χ1n) is 7.85. The zero-order valence-corrected chi connectivity index (χ0v) is 15.5. The summed E-state index contributed by atoms with van der Waals surface area (Å²) in [6.07, 6.45) is 2.06. The molecule has 0 unspecified atom stereocenters. The zero-order valence-electron chi connectivity index (χ0n) is 13.9. The largest absolute Gasteiger partial charge is 0.497 e. The van der Waals surface area contributed by atoms with E-state index in [0.717, 1.165) is 18.2 Å². The van der Waals surface area contributed by atoms with Gasteiger partial charge in [0.15, 0.2) is 0 Å². The smallest absolute Gasteiger partial charge is 0.343 e. The van der Waals surface area contributed by atoms with Crippen molar-refractivity contribution in [2.75, 3.05) is 12.4 Å². The van der Waals surface area contributed by atoms with Crippen LogP contribution in [0.25, 0.3) is 0 Å². The van der Waals surface area contributed by atoms with E-state index in [1.54, 1.807) is 55.6 Å². The van der Waals surface area contributed by atoms with E-state index in [0.29, 0.717) is 29.2 Å². The van der Waals surface area contributed by atoms with Crippen molar-refractivity contribution in [2.24, 2.45) is 0 Å². The molecule has 0 fully saturated rings. The molecular weight excluding hydrogens is 388 g/mol. The Bertz CT molecular complexity index is 695. The Morgan fingerprint density at radius 1 is 0.840 bits per heavy atom. The third-order valence-corrected chi connectivity index (χ3v) is 3.92. The molecule has 6 heteroatoms. The molecule has 0 heterocycles. The Labute approximate surface area is 155 Å². The molecule has 0 aliphatic rings. The molecule has 0 bridgehead atoms. The van der Waals surface area contributed by atoms with Crippen LogP contribution in [0.3, 0.4) is 0 Å². The van der Waals surface area contributed by atoms with Crippen LogP contribution >= 0.6 is 15.9 Å². The van der Waals surface area contributed by atoms with Gasteiger partial charge in [-0.3, -0.25) is 4.79 Å². The van der Waals surface area contributed by atoms with Crippen LogP contribution in [0.1, 0.15) is 29.6 Å². The average Bonchev–Trinajstić information content (AvgIpc) is 2.63. The predicted octanol–water partition coefficient (Wildman–Crippen LogP) is 4.39. The van der Waals surface area contributed by atoms with Crippen molar-refractivity contribution < 1.29 is 23.8 Å². The highest BCUT2D eigenvalue weighted by molar-refractivity contribution is 9.09. The second-order valence-electron chi connectivity index (χ2n) is 5.21. The van der Waals surface area contributed by atoms with Gasteiger partial charge in [-0.25, -0.2) is 4.79 Å². The fourth-order valence-corrected chi connectivity index (χ4v) is 2.41. The summed E-state index contributed by atoms with van der Waals surface area (Å²) in [6, 6.07) is 13.0. The zero-order chi connectivity index (χ0) is 18.1. The first kappa shape index (κ1) is 19.0. The fraction of sp³-hybridized carbons (Fsp3) is 0.263. The Morgan fingerprint density at radius 3 is 2.00 bits per heavy atom. The number of hydrogen-bond donors (Lipinski definition) is 0. The molecule has 5 nitrogen and oxygen atoms in total. The Hall–Kier alpha value is -2.34. The van der Waals surface area contributed by atoms with Crippen molar-refractivity contribution in [3.63, 3.8) is 0 Å². The van der Waals surface area contributed by atoms with Gasteiger partial charge in [0.1, 0.15) is 17.2 Å². The lowest BCUT2D eigenvalue weighted by Crippen LogP contribution is -2.10. The number of carbonyl (C=O) groups is 2. The van der Waals surface area contributed by atoms with Crippen LogP contribution in [-0.2, 0) is 4.79 Å². The number of benzene rings is 2. The second-order valence-corrected chi connectivity index (χ2v) is 6.00. The number of esters is 2. The molecule has 0 radical (unpaired) electrons. The Kier molecular flexibility index (Phi) is 7.47. The van der Waals surface area contributed by atoms with Gasteiger partial charge in [0.25, 0.3) is 0 Å². The van der Waals surface area contributed by atoms with Gasteiger partial charge < -0.3 is 14.2 Å². The Morgan fingerprint density at radius 2 is 1.40 bits per heavy atom. The van der Waals surface area contributed by atoms with Gasteiger partial charge in [0.2, 0.25) is 0 Å². The van der Waals surface area contributed by atoms with E-state index in [1.165, 1.54) is 0 Å². The number of hydrogen-bond acceptors (Lipinski definition) is 5. The van der Waals surface area contributed by atoms with E-state index in [1.807, 2.05) is 0 Å². The minimum atomic E-state index is -0.486. The van der Waals surface area contributed by atoms with Crippen LogP contribution in [0, 0.1) is 0 Å². The highest BCUT2D eigenvalue weighted by Gasteiger charge is 2.10. The molecule has 0 atom stereocenters. The number of alkyl halides is 1. The SMILES string of the molecule is COc1ccc(OC(=O)c2ccc(OC(=O)CCCCBr)cc2)cc1. The summed E-state index contributed by atoms with van der Waals surface area (Å²) < 4.78 is 15.5. The van der Waals surface area contributed by atoms with Gasteiger partial charge in [0, 0.05) is 11.8 Å². The maximum absolute atomic E-state index is 12.1. The Balaban J connectivity index is 1.89. The van der Waals surface area contributed by atoms with Crippen LogP contribution in [0.4, 0.5) is 0 Å². The molecule has 0 spiro atoms. The first-order chi connectivity index (χ1) is 12.1. The van der Waals surface area contributed by atoms with Gasteiger partial charge in [0.05, 0.1) is 12.7 Å². The third kappa shape index (κ3) is 6.23. The van der Waals surface area contributed by atoms with Crippen molar-refractivity contribution in [1.29, 1.82) is 0 Å². The lowest BCUT2D eigenvalue weighted by Gasteiger charge is -2.07. The molecule has 0 saturated heterocycles. The van der Waals surface area contributed by atoms with Gasteiger partial charge in [-0.1, -0.05) is 15.9 Å². The molecule has 0 saturated carbocycles. The summed E-state index contributed by atoms with van der Waals surface area (Å²) in [5.41, 5.74) is 0.370. The highest BCUT2D eigenvalue weighted by atomic mass is 79.9. The topological polar surface area (TPSA) is 61.8 Å². The molecule has 2 aromatic carbocycles. The molecule has 2 aromatic rings. The van der Waals surface area contributed by atoms with E-state index in [4.69, 9.17) is 14.2 Å². The summed E-state index contributed by atoms with van der Waals surface area (Å²) in [5.74, 6) is 0.745. The van der Waals surface area contributed by atoms with Gasteiger partial charge >= 0.3 is 11.9 Å². The number of ether oxygens (including phenoxy) is 3. The molecule has 2 rings (SSSR count). The van der Waals surface area contributed by atoms with Crippen LogP contribution in [-0.4, -0.2) is 24.4 Å². The summed E-state index contributed by atoms with van der Waals surface area (Å²) in [7, 11) is 1.57. The van der Waals surface area contributed by atoms with Crippen LogP contribution in [0.2, 0.25) is 0 Å². The van der Waals surface area contributed by atoms with Crippen LogP contribution in [0.5, 0.6) is 17.2 Å². The van der Waals surface area contributed by atoms with E-state index < -0.39 is 5.97 Å². The van der Waals surface area contributed by atoms with Gasteiger partial charge in [-0.2, -0.15) is 0 Å². The predicted molar refractivity (Wildman–Crippen MR) is 97.7 cm³/mol. The van der Waals surface area contributed by atoms with E-state index in [2.05, 4.69) is 15.9 Å². The summed E-state index contributed by atoms with van der Waals surface area (Å²) in [4.78, 5) is 23.8. The monoisotopic (exact) mass is 406 g/mol. The first-order valence-corrected chi connectivity index (χ1v) is 8.97. The number of halogens is 1. The molecule has 0 aliphatic heterocycles. The summed E-state index contributed by atoms with van der Waals surface area (Å²) in [5, 5.41) is 0.866. The van der Waals surface area contributed by atoms with Crippen molar-refractivity contribution in [3.05, 3.63) is 54.1 Å². The van der Waals surface area contributed by atoms with Crippen molar-refractivity contribution in [2.45, 2.75) is 19.3 Å². The number of carbonyl (C=O) groups excluding carboxylic acids is 2. The summed E-state index contributed by atoms with van der Waals surface area (Å²) >= 11 is 3.32. The van der Waals surface area contributed by atoms with Crippen molar-refractivity contribution >= 4 is 27.9 Å². The molecule has 0 aromatic heterocycles. The van der Waals surface area contributed by atoms with Gasteiger partial charge in [-0.05, 0) is 61.4 Å². The number of unbranched alkanes of at least 4 members (excludes halogenated alkanes) is 1. The maximum Gasteiger partial charge on any atom is 0.343 e. The minimum absolute atomic E-state index is 0.283. The van der Waals surface area contributed by atoms with Gasteiger partial charge in [-0.15, -0.1) is 0 Å².